The summed E-state index contributed by atoms with van der Waals surface area (Å²) in [5, 5.41) is 0. The highest BCUT2D eigenvalue weighted by molar-refractivity contribution is 5.81. The summed E-state index contributed by atoms with van der Waals surface area (Å²) in [5.41, 5.74) is 3.17. The van der Waals surface area contributed by atoms with Crippen LogP contribution in [0.4, 0.5) is 0 Å². The highest BCUT2D eigenvalue weighted by Crippen LogP contribution is 2.35. The zero-order valence-corrected chi connectivity index (χ0v) is 15.9. The van der Waals surface area contributed by atoms with Gasteiger partial charge in [-0.15, -0.1) is 0 Å². The van der Waals surface area contributed by atoms with Gasteiger partial charge in [0.1, 0.15) is 23.1 Å². The largest absolute Gasteiger partial charge is 0.491 e. The first-order valence-corrected chi connectivity index (χ1v) is 9.33. The van der Waals surface area contributed by atoms with Crippen LogP contribution in [0.2, 0.25) is 0 Å². The van der Waals surface area contributed by atoms with Crippen LogP contribution in [0.25, 0.3) is 22.5 Å². The molecule has 0 aliphatic carbocycles. The van der Waals surface area contributed by atoms with E-state index in [1.165, 1.54) is 0 Å². The van der Waals surface area contributed by atoms with Gasteiger partial charge in [0, 0.05) is 18.0 Å². The number of aromatic amines is 1. The normalized spacial score (nSPS) is 10.8. The molecule has 3 aromatic carbocycles. The van der Waals surface area contributed by atoms with Crippen LogP contribution >= 0.6 is 0 Å². The molecule has 0 aliphatic heterocycles. The zero-order valence-electron chi connectivity index (χ0n) is 15.9. The molecule has 4 aromatic rings. The molecule has 0 saturated heterocycles. The summed E-state index contributed by atoms with van der Waals surface area (Å²) in [6, 6.07) is 23.9. The van der Waals surface area contributed by atoms with Crippen molar-refractivity contribution in [3.05, 3.63) is 85.2 Å². The van der Waals surface area contributed by atoms with E-state index in [9.17, 15) is 0 Å². The van der Waals surface area contributed by atoms with Crippen LogP contribution in [0.5, 0.6) is 17.2 Å². The molecule has 0 spiro atoms. The zero-order chi connectivity index (χ0) is 19.3. The van der Waals surface area contributed by atoms with Gasteiger partial charge in [0.2, 0.25) is 0 Å². The molecular formula is C24H22N2O2. The maximum absolute atomic E-state index is 5.90. The molecule has 0 amide bonds. The molecule has 0 radical (unpaired) electrons. The van der Waals surface area contributed by atoms with Gasteiger partial charge in [0.25, 0.3) is 0 Å². The third kappa shape index (κ3) is 4.07. The highest BCUT2D eigenvalue weighted by Gasteiger charge is 2.12. The number of imidazole rings is 1. The van der Waals surface area contributed by atoms with E-state index in [0.717, 1.165) is 39.8 Å². The smallest absolute Gasteiger partial charge is 0.138 e. The number of aromatic nitrogens is 2. The third-order valence-corrected chi connectivity index (χ3v) is 4.26. The number of nitrogens with one attached hydrogen (secondary N) is 1. The fourth-order valence-corrected chi connectivity index (χ4v) is 3.06. The molecule has 4 nitrogen and oxygen atoms in total. The first kappa shape index (κ1) is 17.9. The van der Waals surface area contributed by atoms with Crippen LogP contribution in [0.3, 0.4) is 0 Å². The fraction of sp³-hybridized carbons (Fsp3) is 0.125. The van der Waals surface area contributed by atoms with Crippen molar-refractivity contribution < 1.29 is 9.47 Å². The van der Waals surface area contributed by atoms with Gasteiger partial charge in [-0.1, -0.05) is 30.3 Å². The van der Waals surface area contributed by atoms with Crippen LogP contribution < -0.4 is 9.47 Å². The lowest BCUT2D eigenvalue weighted by molar-refractivity contribution is 0.242. The predicted octanol–water partition coefficient (Wildman–Crippen LogP) is 6.32. The number of benzene rings is 3. The molecule has 0 fully saturated rings. The molecule has 0 aliphatic rings. The van der Waals surface area contributed by atoms with Crippen molar-refractivity contribution in [3.8, 4) is 39.8 Å². The summed E-state index contributed by atoms with van der Waals surface area (Å²) in [6.45, 7) is 4.04. The summed E-state index contributed by atoms with van der Waals surface area (Å²) in [6.07, 6.45) is 3.70. The quantitative estimate of drug-likeness (QED) is 0.432. The second kappa shape index (κ2) is 8.01. The Bertz CT molecular complexity index is 1020. The Balaban J connectivity index is 1.66. The number of nitrogens with zero attached hydrogens (tertiary/aromatic N) is 1. The molecule has 0 saturated carbocycles. The van der Waals surface area contributed by atoms with E-state index < -0.39 is 0 Å². The molecule has 0 bridgehead atoms. The lowest BCUT2D eigenvalue weighted by atomic mass is 9.98. The summed E-state index contributed by atoms with van der Waals surface area (Å²) in [5.74, 6) is 3.26. The van der Waals surface area contributed by atoms with E-state index in [1.54, 1.807) is 6.20 Å². The van der Waals surface area contributed by atoms with E-state index in [-0.39, 0.29) is 6.10 Å². The second-order valence-electron chi connectivity index (χ2n) is 6.75. The fourth-order valence-electron chi connectivity index (χ4n) is 3.06. The third-order valence-electron chi connectivity index (χ3n) is 4.26. The van der Waals surface area contributed by atoms with Gasteiger partial charge in [0.05, 0.1) is 6.10 Å². The van der Waals surface area contributed by atoms with Crippen molar-refractivity contribution >= 4 is 0 Å². The number of hydrogen-bond acceptors (Lipinski definition) is 3. The van der Waals surface area contributed by atoms with E-state index in [0.29, 0.717) is 0 Å². The first-order valence-electron chi connectivity index (χ1n) is 9.33. The topological polar surface area (TPSA) is 47.1 Å². The van der Waals surface area contributed by atoms with Crippen molar-refractivity contribution in [1.29, 1.82) is 0 Å². The number of H-pyrrole nitrogens is 1. The molecule has 1 aromatic heterocycles. The molecule has 4 heteroatoms. The van der Waals surface area contributed by atoms with Crippen LogP contribution in [-0.4, -0.2) is 16.1 Å². The molecule has 1 heterocycles. The average molecular weight is 370 g/mol. The minimum atomic E-state index is 0.115. The van der Waals surface area contributed by atoms with Gasteiger partial charge in [-0.25, -0.2) is 4.98 Å². The Hall–Kier alpha value is -3.53. The summed E-state index contributed by atoms with van der Waals surface area (Å²) in [7, 11) is 0. The number of hydrogen-bond donors (Lipinski definition) is 1. The number of ether oxygens (including phenoxy) is 2. The molecule has 1 N–H and O–H groups in total. The van der Waals surface area contributed by atoms with Crippen molar-refractivity contribution in [3.63, 3.8) is 0 Å². The van der Waals surface area contributed by atoms with Crippen molar-refractivity contribution in [2.75, 3.05) is 0 Å². The van der Waals surface area contributed by atoms with E-state index in [2.05, 4.69) is 28.2 Å². The Morgan fingerprint density at radius 1 is 0.786 bits per heavy atom. The van der Waals surface area contributed by atoms with Gasteiger partial charge in [0.15, 0.2) is 0 Å². The van der Waals surface area contributed by atoms with E-state index in [1.807, 2.05) is 74.6 Å². The lowest BCUT2D eigenvalue weighted by Gasteiger charge is -2.14. The number of para-hydroxylation sites is 1. The summed E-state index contributed by atoms with van der Waals surface area (Å²) in [4.78, 5) is 7.63. The van der Waals surface area contributed by atoms with Crippen molar-refractivity contribution in [2.24, 2.45) is 0 Å². The predicted molar refractivity (Wildman–Crippen MR) is 112 cm³/mol. The Labute approximate surface area is 164 Å². The highest BCUT2D eigenvalue weighted by atomic mass is 16.5. The van der Waals surface area contributed by atoms with Crippen LogP contribution in [0, 0.1) is 0 Å². The Morgan fingerprint density at radius 3 is 2.18 bits per heavy atom. The number of rotatable bonds is 6. The van der Waals surface area contributed by atoms with Gasteiger partial charge < -0.3 is 14.5 Å². The van der Waals surface area contributed by atoms with Crippen molar-refractivity contribution in [1.82, 2.24) is 9.97 Å². The van der Waals surface area contributed by atoms with Crippen LogP contribution in [0.1, 0.15) is 13.8 Å². The molecule has 0 unspecified atom stereocenters. The monoisotopic (exact) mass is 370 g/mol. The molecule has 4 rings (SSSR count). The van der Waals surface area contributed by atoms with Gasteiger partial charge in [-0.05, 0) is 67.4 Å². The van der Waals surface area contributed by atoms with E-state index in [4.69, 9.17) is 9.47 Å². The average Bonchev–Trinajstić information content (AvgIpc) is 3.24. The SMILES string of the molecule is CC(C)Oc1ccc(-c2ccc(Oc3ccccc3)cc2)c(-c2ncc[nH]2)c1. The molecule has 0 atom stereocenters. The van der Waals surface area contributed by atoms with Gasteiger partial charge >= 0.3 is 0 Å². The molecular weight excluding hydrogens is 348 g/mol. The molecule has 140 valence electrons. The first-order chi connectivity index (χ1) is 13.7. The minimum absolute atomic E-state index is 0.115. The Morgan fingerprint density at radius 2 is 1.50 bits per heavy atom. The summed E-state index contributed by atoms with van der Waals surface area (Å²) < 4.78 is 11.8. The second-order valence-corrected chi connectivity index (χ2v) is 6.75. The summed E-state index contributed by atoms with van der Waals surface area (Å²) >= 11 is 0. The minimum Gasteiger partial charge on any atom is -0.491 e. The van der Waals surface area contributed by atoms with Gasteiger partial charge in [-0.2, -0.15) is 0 Å². The lowest BCUT2D eigenvalue weighted by Crippen LogP contribution is -2.05. The maximum Gasteiger partial charge on any atom is 0.138 e. The standard InChI is InChI=1S/C24H22N2O2/c1-17(2)27-21-12-13-22(23(16-21)24-25-14-15-26-24)18-8-10-20(11-9-18)28-19-6-4-3-5-7-19/h3-17H,1-2H3,(H,25,26). The van der Waals surface area contributed by atoms with Crippen LogP contribution in [0.15, 0.2) is 85.2 Å². The Kier molecular flexibility index (Phi) is 5.11. The molecule has 28 heavy (non-hydrogen) atoms. The maximum atomic E-state index is 5.90. The van der Waals surface area contributed by atoms with Gasteiger partial charge in [-0.3, -0.25) is 0 Å². The van der Waals surface area contributed by atoms with E-state index >= 15 is 0 Å². The van der Waals surface area contributed by atoms with Crippen LogP contribution in [-0.2, 0) is 0 Å². The van der Waals surface area contributed by atoms with Crippen molar-refractivity contribution in [2.45, 2.75) is 20.0 Å².